The molecule has 1 heterocycles. The fourth-order valence-corrected chi connectivity index (χ4v) is 2.08. The van der Waals surface area contributed by atoms with Crippen LogP contribution in [0, 0.1) is 5.92 Å². The van der Waals surface area contributed by atoms with Gasteiger partial charge in [-0.25, -0.2) is 0 Å². The summed E-state index contributed by atoms with van der Waals surface area (Å²) >= 11 is 4.12. The molecule has 0 fully saturated rings. The third-order valence-corrected chi connectivity index (χ3v) is 2.94. The maximum Gasteiger partial charge on any atom is 0.0530 e. The van der Waals surface area contributed by atoms with Gasteiger partial charge in [0.2, 0.25) is 0 Å². The molecule has 1 rings (SSSR count). The molecular formula is C10H18N2S2. The summed E-state index contributed by atoms with van der Waals surface area (Å²) in [5, 5.41) is 4.30. The van der Waals surface area contributed by atoms with Gasteiger partial charge >= 0.3 is 0 Å². The van der Waals surface area contributed by atoms with Gasteiger partial charge in [-0.05, 0) is 18.8 Å². The largest absolute Gasteiger partial charge is 0.272 e. The molecular weight excluding hydrogens is 212 g/mol. The fourth-order valence-electron chi connectivity index (χ4n) is 1.34. The van der Waals surface area contributed by atoms with Crippen LogP contribution < -0.4 is 0 Å². The Balaban J connectivity index is 2.28. The lowest BCUT2D eigenvalue weighted by Gasteiger charge is -2.03. The molecule has 14 heavy (non-hydrogen) atoms. The number of nitrogens with zero attached hydrogens (tertiary/aromatic N) is 2. The zero-order valence-electron chi connectivity index (χ0n) is 8.81. The minimum atomic E-state index is 0.790. The van der Waals surface area contributed by atoms with E-state index >= 15 is 0 Å². The molecule has 1 aromatic heterocycles. The average Bonchev–Trinajstić information content (AvgIpc) is 2.53. The van der Waals surface area contributed by atoms with E-state index in [9.17, 15) is 0 Å². The monoisotopic (exact) mass is 230 g/mol. The molecule has 0 saturated heterocycles. The van der Waals surface area contributed by atoms with Crippen LogP contribution in [0.5, 0.6) is 0 Å². The second kappa shape index (κ2) is 6.40. The summed E-state index contributed by atoms with van der Waals surface area (Å²) in [6.07, 6.45) is 6.53. The summed E-state index contributed by atoms with van der Waals surface area (Å²) in [7, 11) is 1.54. The van der Waals surface area contributed by atoms with Crippen molar-refractivity contribution < 1.29 is 0 Å². The van der Waals surface area contributed by atoms with Gasteiger partial charge in [0.15, 0.2) is 0 Å². The van der Waals surface area contributed by atoms with Crippen molar-refractivity contribution in [3.05, 3.63) is 18.0 Å². The molecule has 4 heteroatoms. The van der Waals surface area contributed by atoms with E-state index < -0.39 is 0 Å². The van der Waals surface area contributed by atoms with E-state index in [1.54, 1.807) is 0 Å². The second-order valence-electron chi connectivity index (χ2n) is 3.92. The first-order valence-electron chi connectivity index (χ1n) is 5.00. The van der Waals surface area contributed by atoms with E-state index in [1.165, 1.54) is 29.2 Å². The number of hydrogen-bond donors (Lipinski definition) is 1. The summed E-state index contributed by atoms with van der Waals surface area (Å²) in [5.41, 5.74) is 1.26. The Morgan fingerprint density at radius 2 is 2.36 bits per heavy atom. The van der Waals surface area contributed by atoms with E-state index in [-0.39, 0.29) is 0 Å². The molecule has 0 bridgehead atoms. The molecule has 0 radical (unpaired) electrons. The number of hydrogen-bond acceptors (Lipinski definition) is 3. The maximum absolute atomic E-state index is 4.30. The molecule has 1 aromatic rings. The molecule has 0 aliphatic heterocycles. The molecule has 0 N–H and O–H groups in total. The summed E-state index contributed by atoms with van der Waals surface area (Å²) in [6.45, 7) is 5.55. The van der Waals surface area contributed by atoms with Crippen LogP contribution in [0.15, 0.2) is 12.4 Å². The van der Waals surface area contributed by atoms with Gasteiger partial charge in [0.25, 0.3) is 0 Å². The predicted octanol–water partition coefficient (Wildman–Crippen LogP) is 3.40. The van der Waals surface area contributed by atoms with Crippen molar-refractivity contribution in [2.75, 3.05) is 0 Å². The van der Waals surface area contributed by atoms with Crippen molar-refractivity contribution in [1.82, 2.24) is 9.78 Å². The fraction of sp³-hybridized carbons (Fsp3) is 0.700. The summed E-state index contributed by atoms with van der Waals surface area (Å²) in [6, 6.07) is 0. The topological polar surface area (TPSA) is 17.8 Å². The normalized spacial score (nSPS) is 11.1. The Morgan fingerprint density at radius 1 is 1.57 bits per heavy atom. The SMILES string of the molecule is CC(C)CCCn1cc(CSS)cn1. The Morgan fingerprint density at radius 3 is 3.00 bits per heavy atom. The molecule has 0 atom stereocenters. The zero-order valence-corrected chi connectivity index (χ0v) is 10.5. The molecule has 0 amide bonds. The number of thiol groups is 1. The first kappa shape index (κ1) is 12.0. The summed E-state index contributed by atoms with van der Waals surface area (Å²) in [5.74, 6) is 1.73. The first-order chi connectivity index (χ1) is 6.72. The van der Waals surface area contributed by atoms with Crippen LogP contribution >= 0.6 is 22.5 Å². The third-order valence-electron chi connectivity index (χ3n) is 2.09. The highest BCUT2D eigenvalue weighted by Crippen LogP contribution is 2.14. The van der Waals surface area contributed by atoms with Gasteiger partial charge in [0, 0.05) is 24.1 Å². The lowest BCUT2D eigenvalue weighted by Crippen LogP contribution is -1.99. The quantitative estimate of drug-likeness (QED) is 0.596. The van der Waals surface area contributed by atoms with E-state index in [1.807, 2.05) is 10.9 Å². The van der Waals surface area contributed by atoms with E-state index in [0.29, 0.717) is 0 Å². The minimum absolute atomic E-state index is 0.790. The zero-order chi connectivity index (χ0) is 10.4. The van der Waals surface area contributed by atoms with Crippen molar-refractivity contribution in [2.24, 2.45) is 5.92 Å². The van der Waals surface area contributed by atoms with Gasteiger partial charge in [0.05, 0.1) is 6.20 Å². The van der Waals surface area contributed by atoms with Gasteiger partial charge in [-0.1, -0.05) is 24.6 Å². The lowest BCUT2D eigenvalue weighted by molar-refractivity contribution is 0.490. The second-order valence-corrected chi connectivity index (χ2v) is 5.24. The Labute approximate surface area is 95.3 Å². The van der Waals surface area contributed by atoms with Crippen molar-refractivity contribution >= 4 is 22.5 Å². The van der Waals surface area contributed by atoms with Crippen LogP contribution in [0.4, 0.5) is 0 Å². The van der Waals surface area contributed by atoms with Gasteiger partial charge in [-0.2, -0.15) is 5.10 Å². The highest BCUT2D eigenvalue weighted by molar-refractivity contribution is 8.68. The highest BCUT2D eigenvalue weighted by Gasteiger charge is 1.99. The van der Waals surface area contributed by atoms with Gasteiger partial charge in [-0.15, -0.1) is 11.7 Å². The first-order valence-corrected chi connectivity index (χ1v) is 7.04. The van der Waals surface area contributed by atoms with Crippen LogP contribution in [-0.2, 0) is 12.3 Å². The van der Waals surface area contributed by atoms with Crippen molar-refractivity contribution in [3.63, 3.8) is 0 Å². The summed E-state index contributed by atoms with van der Waals surface area (Å²) in [4.78, 5) is 0. The average molecular weight is 230 g/mol. The molecule has 0 aliphatic rings. The molecule has 0 unspecified atom stereocenters. The van der Waals surface area contributed by atoms with Crippen molar-refractivity contribution in [1.29, 1.82) is 0 Å². The number of rotatable bonds is 6. The molecule has 2 nitrogen and oxygen atoms in total. The van der Waals surface area contributed by atoms with Crippen LogP contribution in [-0.4, -0.2) is 9.78 Å². The predicted molar refractivity (Wildman–Crippen MR) is 66.6 cm³/mol. The Hall–Kier alpha value is -0.0900. The molecule has 0 saturated carbocycles. The Kier molecular flexibility index (Phi) is 5.48. The highest BCUT2D eigenvalue weighted by atomic mass is 33.1. The van der Waals surface area contributed by atoms with Gasteiger partial charge in [-0.3, -0.25) is 4.68 Å². The van der Waals surface area contributed by atoms with Crippen LogP contribution in [0.2, 0.25) is 0 Å². The molecule has 0 spiro atoms. The van der Waals surface area contributed by atoms with Crippen LogP contribution in [0.25, 0.3) is 0 Å². The van der Waals surface area contributed by atoms with E-state index in [2.05, 4.69) is 36.8 Å². The minimum Gasteiger partial charge on any atom is -0.272 e. The molecule has 80 valence electrons. The van der Waals surface area contributed by atoms with Crippen molar-refractivity contribution in [3.8, 4) is 0 Å². The standard InChI is InChI=1S/C10H18N2S2/c1-9(2)4-3-5-12-7-10(6-11-12)8-14-13/h6-7,9,13H,3-5,8H2,1-2H3. The van der Waals surface area contributed by atoms with Crippen LogP contribution in [0.1, 0.15) is 32.3 Å². The summed E-state index contributed by atoms with van der Waals surface area (Å²) < 4.78 is 2.03. The number of aromatic nitrogens is 2. The van der Waals surface area contributed by atoms with Gasteiger partial charge < -0.3 is 0 Å². The molecule has 0 aromatic carbocycles. The van der Waals surface area contributed by atoms with Gasteiger partial charge in [0.1, 0.15) is 0 Å². The lowest BCUT2D eigenvalue weighted by atomic mass is 10.1. The molecule has 0 aliphatic carbocycles. The Bertz CT molecular complexity index is 258. The number of aryl methyl sites for hydroxylation is 1. The van der Waals surface area contributed by atoms with E-state index in [4.69, 9.17) is 0 Å². The smallest absolute Gasteiger partial charge is 0.0530 e. The maximum atomic E-state index is 4.30. The van der Waals surface area contributed by atoms with Crippen molar-refractivity contribution in [2.45, 2.75) is 39.0 Å². The van der Waals surface area contributed by atoms with E-state index in [0.717, 1.165) is 18.2 Å². The third kappa shape index (κ3) is 4.42. The van der Waals surface area contributed by atoms with Crippen LogP contribution in [0.3, 0.4) is 0 Å².